The summed E-state index contributed by atoms with van der Waals surface area (Å²) in [7, 11) is 0. The highest BCUT2D eigenvalue weighted by Gasteiger charge is 2.19. The van der Waals surface area contributed by atoms with Crippen molar-refractivity contribution in [1.82, 2.24) is 10.6 Å². The number of aliphatic carboxylic acids is 1. The lowest BCUT2D eigenvalue weighted by molar-refractivity contribution is -0.142. The van der Waals surface area contributed by atoms with Crippen molar-refractivity contribution >= 4 is 17.8 Å². The Morgan fingerprint density at radius 2 is 1.11 bits per heavy atom. The molecule has 7 heteroatoms. The number of amides is 1. The van der Waals surface area contributed by atoms with E-state index in [0.29, 0.717) is 25.8 Å². The molecule has 0 aromatic heterocycles. The lowest BCUT2D eigenvalue weighted by Gasteiger charge is -2.14. The number of guanidine groups is 1. The zero-order chi connectivity index (χ0) is 26.0. The zero-order valence-corrected chi connectivity index (χ0v) is 22.7. The molecule has 0 radical (unpaired) electrons. The van der Waals surface area contributed by atoms with Crippen LogP contribution in [0.15, 0.2) is 0 Å². The van der Waals surface area contributed by atoms with E-state index in [9.17, 15) is 14.7 Å². The molecule has 6 N–H and O–H groups in total. The predicted octanol–water partition coefficient (Wildman–Crippen LogP) is 6.64. The van der Waals surface area contributed by atoms with Crippen LogP contribution < -0.4 is 16.4 Å². The summed E-state index contributed by atoms with van der Waals surface area (Å²) >= 11 is 0. The summed E-state index contributed by atoms with van der Waals surface area (Å²) in [6, 6.07) is -0.878. The van der Waals surface area contributed by atoms with Crippen LogP contribution in [0.1, 0.15) is 148 Å². The molecule has 0 bridgehead atoms. The summed E-state index contributed by atoms with van der Waals surface area (Å²) in [4.78, 5) is 23.3. The topological polar surface area (TPSA) is 128 Å². The Labute approximate surface area is 215 Å². The molecule has 206 valence electrons. The van der Waals surface area contributed by atoms with E-state index in [4.69, 9.17) is 11.1 Å². The van der Waals surface area contributed by atoms with Gasteiger partial charge < -0.3 is 21.5 Å². The van der Waals surface area contributed by atoms with Crippen molar-refractivity contribution in [2.75, 3.05) is 6.54 Å². The average molecular weight is 497 g/mol. The lowest BCUT2D eigenvalue weighted by Crippen LogP contribution is -2.41. The molecule has 1 unspecified atom stereocenters. The second-order valence-electron chi connectivity index (χ2n) is 10.1. The van der Waals surface area contributed by atoms with Gasteiger partial charge in [-0.2, -0.15) is 0 Å². The molecule has 35 heavy (non-hydrogen) atoms. The van der Waals surface area contributed by atoms with E-state index < -0.39 is 12.0 Å². The monoisotopic (exact) mass is 496 g/mol. The third kappa shape index (κ3) is 25.1. The minimum absolute atomic E-state index is 0.134. The number of hydrogen-bond acceptors (Lipinski definition) is 3. The van der Waals surface area contributed by atoms with E-state index in [-0.39, 0.29) is 11.9 Å². The first-order chi connectivity index (χ1) is 17.0. The van der Waals surface area contributed by atoms with Crippen LogP contribution in [-0.2, 0) is 9.59 Å². The Hall–Kier alpha value is -1.79. The number of unbranched alkanes of at least 4 members (excludes halogenated alkanes) is 18. The number of hydrogen-bond donors (Lipinski definition) is 5. The van der Waals surface area contributed by atoms with Crippen molar-refractivity contribution in [2.24, 2.45) is 5.73 Å². The highest BCUT2D eigenvalue weighted by molar-refractivity contribution is 5.83. The van der Waals surface area contributed by atoms with Gasteiger partial charge in [-0.1, -0.05) is 122 Å². The van der Waals surface area contributed by atoms with Gasteiger partial charge in [-0.15, -0.1) is 0 Å². The molecule has 0 aromatic carbocycles. The van der Waals surface area contributed by atoms with Crippen LogP contribution in [0.2, 0.25) is 0 Å². The maximum absolute atomic E-state index is 12.0. The molecule has 0 aliphatic carbocycles. The largest absolute Gasteiger partial charge is 0.480 e. The minimum atomic E-state index is -1.02. The van der Waals surface area contributed by atoms with Gasteiger partial charge in [-0.05, 0) is 19.3 Å². The Bertz CT molecular complexity index is 528. The van der Waals surface area contributed by atoms with Crippen LogP contribution in [0.3, 0.4) is 0 Å². The molecule has 0 heterocycles. The highest BCUT2D eigenvalue weighted by atomic mass is 16.4. The van der Waals surface area contributed by atoms with Gasteiger partial charge >= 0.3 is 5.97 Å². The quantitative estimate of drug-likeness (QED) is 0.0521. The molecule has 0 spiro atoms. The predicted molar refractivity (Wildman–Crippen MR) is 147 cm³/mol. The standard InChI is InChI=1S/C28H56N4O3/c1-2-3-4-5-6-7-8-9-10-11-12-13-14-15-16-17-18-19-20-23-26(33)32-25(27(34)35)22-21-24-31-28(29)30/h25H,2-24H2,1H3,(H,32,33)(H,34,35)(H4,29,30,31). The van der Waals surface area contributed by atoms with E-state index in [1.54, 1.807) is 0 Å². The van der Waals surface area contributed by atoms with Crippen LogP contribution in [0, 0.1) is 5.41 Å². The Kier molecular flexibility index (Phi) is 24.0. The van der Waals surface area contributed by atoms with Gasteiger partial charge in [0.2, 0.25) is 5.91 Å². The average Bonchev–Trinajstić information content (AvgIpc) is 2.82. The molecule has 0 rings (SSSR count). The number of carbonyl (C=O) groups excluding carboxylic acids is 1. The summed E-state index contributed by atoms with van der Waals surface area (Å²) in [5.41, 5.74) is 5.20. The van der Waals surface area contributed by atoms with Gasteiger partial charge in [0.25, 0.3) is 0 Å². The fourth-order valence-corrected chi connectivity index (χ4v) is 4.42. The van der Waals surface area contributed by atoms with Crippen LogP contribution in [0.4, 0.5) is 0 Å². The molecule has 0 aliphatic rings. The summed E-state index contributed by atoms with van der Waals surface area (Å²) in [5, 5.41) is 21.6. The van der Waals surface area contributed by atoms with E-state index in [1.165, 1.54) is 103 Å². The summed E-state index contributed by atoms with van der Waals surface area (Å²) in [6.07, 6.45) is 26.2. The van der Waals surface area contributed by atoms with Gasteiger partial charge in [0, 0.05) is 13.0 Å². The normalized spacial score (nSPS) is 11.8. The molecule has 1 amide bonds. The Morgan fingerprint density at radius 3 is 1.49 bits per heavy atom. The highest BCUT2D eigenvalue weighted by Crippen LogP contribution is 2.14. The fourth-order valence-electron chi connectivity index (χ4n) is 4.42. The van der Waals surface area contributed by atoms with Crippen molar-refractivity contribution in [3.8, 4) is 0 Å². The number of rotatable bonds is 26. The molecule has 0 saturated carbocycles. The smallest absolute Gasteiger partial charge is 0.326 e. The molecular weight excluding hydrogens is 440 g/mol. The van der Waals surface area contributed by atoms with E-state index in [0.717, 1.165) is 19.3 Å². The molecule has 0 aromatic rings. The molecule has 0 fully saturated rings. The van der Waals surface area contributed by atoms with Crippen molar-refractivity contribution < 1.29 is 14.7 Å². The fraction of sp³-hybridized carbons (Fsp3) is 0.893. The van der Waals surface area contributed by atoms with E-state index in [2.05, 4.69) is 17.6 Å². The maximum atomic E-state index is 12.0. The number of carbonyl (C=O) groups is 2. The third-order valence-electron chi connectivity index (χ3n) is 6.63. The summed E-state index contributed by atoms with van der Waals surface area (Å²) in [6.45, 7) is 2.70. The second kappa shape index (κ2) is 25.3. The van der Waals surface area contributed by atoms with Crippen molar-refractivity contribution in [3.05, 3.63) is 0 Å². The van der Waals surface area contributed by atoms with Crippen molar-refractivity contribution in [2.45, 2.75) is 154 Å². The minimum Gasteiger partial charge on any atom is -0.480 e. The van der Waals surface area contributed by atoms with Gasteiger partial charge in [-0.25, -0.2) is 4.79 Å². The van der Waals surface area contributed by atoms with Crippen LogP contribution in [0.5, 0.6) is 0 Å². The van der Waals surface area contributed by atoms with Crippen LogP contribution in [0.25, 0.3) is 0 Å². The summed E-state index contributed by atoms with van der Waals surface area (Å²) in [5.74, 6) is -1.34. The lowest BCUT2D eigenvalue weighted by atomic mass is 10.0. The number of nitrogens with one attached hydrogen (secondary N) is 3. The van der Waals surface area contributed by atoms with Crippen molar-refractivity contribution in [1.29, 1.82) is 5.41 Å². The zero-order valence-electron chi connectivity index (χ0n) is 22.7. The number of carboxylic acids is 1. The first kappa shape index (κ1) is 33.2. The van der Waals surface area contributed by atoms with E-state index in [1.807, 2.05) is 0 Å². The van der Waals surface area contributed by atoms with Gasteiger partial charge in [0.15, 0.2) is 5.96 Å². The van der Waals surface area contributed by atoms with Crippen LogP contribution in [-0.4, -0.2) is 35.5 Å². The Balaban J connectivity index is 3.42. The van der Waals surface area contributed by atoms with Crippen molar-refractivity contribution in [3.63, 3.8) is 0 Å². The number of carboxylic acid groups (broad SMARTS) is 1. The maximum Gasteiger partial charge on any atom is 0.326 e. The molecule has 7 nitrogen and oxygen atoms in total. The van der Waals surface area contributed by atoms with Gasteiger partial charge in [-0.3, -0.25) is 10.2 Å². The molecule has 0 saturated heterocycles. The third-order valence-corrected chi connectivity index (χ3v) is 6.63. The molecule has 0 aliphatic heterocycles. The molecule has 1 atom stereocenters. The summed E-state index contributed by atoms with van der Waals surface area (Å²) < 4.78 is 0. The second-order valence-corrected chi connectivity index (χ2v) is 10.1. The SMILES string of the molecule is CCCCCCCCCCCCCCCCCCCCCC(=O)NC(CCCNC(=N)N)C(=O)O. The van der Waals surface area contributed by atoms with Gasteiger partial charge in [0.05, 0.1) is 0 Å². The molecular formula is C28H56N4O3. The first-order valence-corrected chi connectivity index (χ1v) is 14.6. The first-order valence-electron chi connectivity index (χ1n) is 14.6. The van der Waals surface area contributed by atoms with Crippen LogP contribution >= 0.6 is 0 Å². The van der Waals surface area contributed by atoms with E-state index >= 15 is 0 Å². The Morgan fingerprint density at radius 1 is 0.714 bits per heavy atom. The van der Waals surface area contributed by atoms with Gasteiger partial charge in [0.1, 0.15) is 6.04 Å². The number of nitrogens with two attached hydrogens (primary N) is 1.